The Kier molecular flexibility index (Phi) is 44.5. The third kappa shape index (κ3) is 30.9. The van der Waals surface area contributed by atoms with Crippen LogP contribution in [0, 0.1) is 13.8 Å². The second-order valence-electron chi connectivity index (χ2n) is 29.8. The Hall–Kier alpha value is -8.09. The average molecular weight is 1560 g/mol. The molecule has 0 unspecified atom stereocenters. The van der Waals surface area contributed by atoms with Crippen molar-refractivity contribution in [2.45, 2.75) is 262 Å². The Bertz CT molecular complexity index is 4100. The number of allylic oxidation sites excluding steroid dienone is 6. The van der Waals surface area contributed by atoms with Crippen molar-refractivity contribution in [1.82, 2.24) is 0 Å². The van der Waals surface area contributed by atoms with Crippen molar-refractivity contribution >= 4 is 34.2 Å². The minimum Gasteiger partial charge on any atom is -0.493 e. The van der Waals surface area contributed by atoms with Gasteiger partial charge in [0.25, 0.3) is 0 Å². The van der Waals surface area contributed by atoms with E-state index < -0.39 is 0 Å². The number of rotatable bonds is 37. The zero-order chi connectivity index (χ0) is 77.1. The Morgan fingerprint density at radius 2 is 0.518 bits per heavy atom. The molecule has 0 amide bonds. The topological polar surface area (TPSA) is 116 Å². The normalized spacial score (nSPS) is 12.9. The molecule has 0 aliphatic carbocycles. The molecule has 0 atom stereocenters. The van der Waals surface area contributed by atoms with Gasteiger partial charge in [0.15, 0.2) is 0 Å². The van der Waals surface area contributed by atoms with Gasteiger partial charge < -0.3 is 26.8 Å². The van der Waals surface area contributed by atoms with Crippen molar-refractivity contribution in [2.24, 2.45) is 0 Å². The summed E-state index contributed by atoms with van der Waals surface area (Å²) in [7, 11) is 0. The van der Waals surface area contributed by atoms with Crippen LogP contribution < -0.4 is 0 Å². The van der Waals surface area contributed by atoms with Gasteiger partial charge >= 0.3 is 0 Å². The number of nitrogens with zero attached hydrogens (tertiary/aromatic N) is 6. The van der Waals surface area contributed by atoms with E-state index in [1.165, 1.54) is 201 Å². The maximum Gasteiger partial charge on any atom is 0.210 e. The molecule has 2 N–H and O–H groups in total. The van der Waals surface area contributed by atoms with Gasteiger partial charge in [0.2, 0.25) is 34.2 Å². The van der Waals surface area contributed by atoms with Crippen LogP contribution in [-0.2, 0) is 71.9 Å². The van der Waals surface area contributed by atoms with Gasteiger partial charge in [0, 0.05) is 101 Å². The van der Waals surface area contributed by atoms with E-state index in [-0.39, 0.29) is 46.2 Å². The summed E-state index contributed by atoms with van der Waals surface area (Å²) in [5.74, 6) is 0. The molecule has 110 heavy (non-hydrogen) atoms. The zero-order valence-electron chi connectivity index (χ0n) is 68.0. The fourth-order valence-electron chi connectivity index (χ4n) is 14.3. The first-order valence-corrected chi connectivity index (χ1v) is 41.3. The number of aliphatic hydroxyl groups is 2. The van der Waals surface area contributed by atoms with Gasteiger partial charge in [0.1, 0.15) is 0 Å². The number of benzene rings is 8. The average Bonchev–Trinajstić information content (AvgIpc) is 1.64. The summed E-state index contributed by atoms with van der Waals surface area (Å²) in [6.45, 7) is 19.9. The SMILES string of the molecule is CCCCCCCCc1cccc(C2=CC(C)=C(c3cccc(C)c3)[N+]2=[N-])c1.CCCCCCCCc1cccc(C2=CC(C)=C(c3cccc(C)c3)[N+]2=[N-])c1.CCCCCCCCc1cccc(C2=CC(CCCCCC)=C(c3cccc(CCCC)c3)[N+]2=[N-])c1.OCc1ccccc1.OCc1ccccc1.[Ni].[Ni]. The number of hydrogen-bond acceptors (Lipinski definition) is 2. The maximum atomic E-state index is 11.5. The van der Waals surface area contributed by atoms with Crippen molar-refractivity contribution < 1.29 is 57.3 Å². The number of unbranched alkanes of at least 4 members (excludes halogenated alkanes) is 19. The molecular formula is C100H128N6Ni2O2. The molecule has 590 valence electrons. The Balaban J connectivity index is 0.000000266. The summed E-state index contributed by atoms with van der Waals surface area (Å²) < 4.78 is 4.18. The number of aryl methyl sites for hydroxylation is 6. The van der Waals surface area contributed by atoms with Gasteiger partial charge in [-0.2, -0.15) is 0 Å². The predicted octanol–water partition coefficient (Wildman–Crippen LogP) is 28.5. The molecule has 0 saturated heterocycles. The summed E-state index contributed by atoms with van der Waals surface area (Å²) in [5.41, 5.74) is 58.4. The smallest absolute Gasteiger partial charge is 0.210 e. The maximum absolute atomic E-state index is 11.5. The van der Waals surface area contributed by atoms with Gasteiger partial charge in [0.05, 0.1) is 13.2 Å². The van der Waals surface area contributed by atoms with E-state index in [0.29, 0.717) is 0 Å². The van der Waals surface area contributed by atoms with Gasteiger partial charge in [-0.1, -0.05) is 301 Å². The van der Waals surface area contributed by atoms with E-state index in [9.17, 15) is 16.6 Å². The first-order chi connectivity index (χ1) is 52.7. The third-order valence-corrected chi connectivity index (χ3v) is 20.5. The van der Waals surface area contributed by atoms with E-state index in [2.05, 4.69) is 214 Å². The summed E-state index contributed by atoms with van der Waals surface area (Å²) in [6.07, 6.45) is 42.8. The van der Waals surface area contributed by atoms with E-state index in [1.54, 1.807) is 0 Å². The van der Waals surface area contributed by atoms with Crippen LogP contribution in [0.2, 0.25) is 0 Å². The van der Waals surface area contributed by atoms with Crippen LogP contribution in [0.15, 0.2) is 241 Å². The molecule has 3 aliphatic heterocycles. The van der Waals surface area contributed by atoms with Gasteiger partial charge in [-0.3, -0.25) is 0 Å². The summed E-state index contributed by atoms with van der Waals surface area (Å²) in [4.78, 5) is 0. The molecule has 0 aromatic heterocycles. The minimum atomic E-state index is 0. The predicted molar refractivity (Wildman–Crippen MR) is 458 cm³/mol. The van der Waals surface area contributed by atoms with E-state index in [0.717, 1.165) is 128 Å². The van der Waals surface area contributed by atoms with Crippen LogP contribution in [0.25, 0.3) is 50.8 Å². The van der Waals surface area contributed by atoms with Gasteiger partial charge in [-0.15, -0.1) is 0 Å². The van der Waals surface area contributed by atoms with Crippen molar-refractivity contribution in [3.63, 3.8) is 0 Å². The summed E-state index contributed by atoms with van der Waals surface area (Å²) in [6, 6.07) is 70.5. The van der Waals surface area contributed by atoms with Crippen molar-refractivity contribution in [3.05, 3.63) is 336 Å². The van der Waals surface area contributed by atoms with Crippen molar-refractivity contribution in [2.75, 3.05) is 0 Å². The Morgan fingerprint density at radius 1 is 0.255 bits per heavy atom. The van der Waals surface area contributed by atoms with Crippen LogP contribution in [0.3, 0.4) is 0 Å². The molecule has 3 heterocycles. The molecule has 0 radical (unpaired) electrons. The van der Waals surface area contributed by atoms with Gasteiger partial charge in [-0.05, 0) is 198 Å². The molecule has 11 rings (SSSR count). The first kappa shape index (κ1) is 92.5. The fraction of sp³-hybridized carbons (Fsp3) is 0.400. The van der Waals surface area contributed by atoms with Gasteiger partial charge in [-0.25, -0.2) is 14.1 Å². The van der Waals surface area contributed by atoms with E-state index in [4.69, 9.17) is 10.2 Å². The Labute approximate surface area is 684 Å². The third-order valence-electron chi connectivity index (χ3n) is 20.5. The molecule has 0 fully saturated rings. The zero-order valence-corrected chi connectivity index (χ0v) is 70.0. The molecule has 10 heteroatoms. The quantitative estimate of drug-likeness (QED) is 0.0229. The first-order valence-electron chi connectivity index (χ1n) is 41.3. The van der Waals surface area contributed by atoms with Crippen LogP contribution >= 0.6 is 0 Å². The van der Waals surface area contributed by atoms with Crippen molar-refractivity contribution in [1.29, 1.82) is 0 Å². The molecule has 0 spiro atoms. The standard InChI is InChI=1S/C34H48N2.2C26H32N2.2C7H8O.2Ni/c1-4-7-10-12-13-14-19-29-20-16-23-30(25-29)33-27-32(22-15-11-8-5-2)34(36(33)35)31-24-17-21-28(26-31)18-9-6-3;2*1-4-5-6-7-8-9-13-22-14-11-15-23(19-22)25-18-21(3)26(28(25)27)24-16-10-12-20(2)17-24;2*8-6-7-4-2-1-3-5-7;;/h16-17,20-21,23-27H,4-15,18-19,22H2,1-3H3;2*10-12,14-19H,4-9,13H2,1-3H3;2*1-5,8H,6H2;;. The van der Waals surface area contributed by atoms with Crippen LogP contribution in [0.1, 0.15) is 287 Å². The second-order valence-corrected chi connectivity index (χ2v) is 29.8. The molecule has 8 aromatic carbocycles. The number of aliphatic hydroxyl groups excluding tert-OH is 2. The largest absolute Gasteiger partial charge is 0.493 e. The monoisotopic (exact) mass is 1560 g/mol. The van der Waals surface area contributed by atoms with Crippen molar-refractivity contribution in [3.8, 4) is 0 Å². The molecule has 3 aliphatic rings. The summed E-state index contributed by atoms with van der Waals surface area (Å²) in [5, 5.41) is 17.1. The molecule has 0 bridgehead atoms. The number of hydrogen-bond donors (Lipinski definition) is 2. The molecule has 0 saturated carbocycles. The fourth-order valence-corrected chi connectivity index (χ4v) is 14.3. The van der Waals surface area contributed by atoms with Crippen LogP contribution in [0.4, 0.5) is 0 Å². The summed E-state index contributed by atoms with van der Waals surface area (Å²) >= 11 is 0. The van der Waals surface area contributed by atoms with Crippen LogP contribution in [-0.4, -0.2) is 24.3 Å². The Morgan fingerprint density at radius 3 is 0.855 bits per heavy atom. The molecule has 8 aromatic rings. The van der Waals surface area contributed by atoms with Crippen LogP contribution in [0.5, 0.6) is 0 Å². The van der Waals surface area contributed by atoms with E-state index in [1.807, 2.05) is 72.8 Å². The molecule has 8 nitrogen and oxygen atoms in total. The second kappa shape index (κ2) is 53.0. The minimum absolute atomic E-state index is 0. The van der Waals surface area contributed by atoms with E-state index >= 15 is 0 Å². The molecular weight excluding hydrogens is 1430 g/mol.